The Morgan fingerprint density at radius 2 is 1.70 bits per heavy atom. The molecule has 0 aliphatic heterocycles. The number of thiazole rings is 1. The number of benzene rings is 2. The van der Waals surface area contributed by atoms with Crippen molar-refractivity contribution in [3.8, 4) is 0 Å². The van der Waals surface area contributed by atoms with E-state index >= 15 is 0 Å². The molecule has 1 aromatic heterocycles. The van der Waals surface area contributed by atoms with Gasteiger partial charge in [-0.25, -0.2) is 9.78 Å². The maximum atomic E-state index is 12.1. The minimum Gasteiger partial charge on any atom is -0.378 e. The van der Waals surface area contributed by atoms with Gasteiger partial charge in [0, 0.05) is 31.2 Å². The van der Waals surface area contributed by atoms with Crippen LogP contribution in [-0.4, -0.2) is 25.1 Å². The summed E-state index contributed by atoms with van der Waals surface area (Å²) in [4.78, 5) is 18.5. The molecule has 2 aromatic carbocycles. The quantitative estimate of drug-likeness (QED) is 0.754. The van der Waals surface area contributed by atoms with E-state index in [0.717, 1.165) is 32.3 Å². The number of urea groups is 1. The Morgan fingerprint density at radius 1 is 1.04 bits per heavy atom. The first-order valence-corrected chi connectivity index (χ1v) is 8.05. The van der Waals surface area contributed by atoms with Gasteiger partial charge in [0.15, 0.2) is 0 Å². The van der Waals surface area contributed by atoms with Crippen LogP contribution in [0.5, 0.6) is 0 Å². The van der Waals surface area contributed by atoms with Gasteiger partial charge in [-0.3, -0.25) is 0 Å². The largest absolute Gasteiger partial charge is 0.378 e. The summed E-state index contributed by atoms with van der Waals surface area (Å²) >= 11 is 1.64. The maximum Gasteiger partial charge on any atom is 0.323 e. The van der Waals surface area contributed by atoms with E-state index in [0.29, 0.717) is 0 Å². The van der Waals surface area contributed by atoms with Crippen molar-refractivity contribution in [1.29, 1.82) is 0 Å². The number of amides is 2. The van der Waals surface area contributed by atoms with Crippen LogP contribution < -0.4 is 15.5 Å². The zero-order chi connectivity index (χ0) is 16.4. The van der Waals surface area contributed by atoms with E-state index in [1.165, 1.54) is 0 Å². The van der Waals surface area contributed by atoms with Crippen LogP contribution >= 0.6 is 11.3 Å². The third kappa shape index (κ3) is 3.60. The van der Waals surface area contributed by atoms with Crippen LogP contribution in [-0.2, 0) is 0 Å². The van der Waals surface area contributed by atoms with Gasteiger partial charge in [0.2, 0.25) is 0 Å². The van der Waals surface area contributed by atoms with Crippen molar-refractivity contribution in [2.24, 2.45) is 0 Å². The lowest BCUT2D eigenvalue weighted by molar-refractivity contribution is 0.262. The number of aromatic nitrogens is 1. The molecule has 5 nitrogen and oxygen atoms in total. The fourth-order valence-corrected chi connectivity index (χ4v) is 3.06. The topological polar surface area (TPSA) is 57.3 Å². The van der Waals surface area contributed by atoms with Gasteiger partial charge in [0.25, 0.3) is 0 Å². The summed E-state index contributed by atoms with van der Waals surface area (Å²) in [6.45, 7) is 1.97. The molecule has 0 radical (unpaired) electrons. The highest BCUT2D eigenvalue weighted by molar-refractivity contribution is 7.18. The highest BCUT2D eigenvalue weighted by atomic mass is 32.1. The lowest BCUT2D eigenvalue weighted by Crippen LogP contribution is -2.19. The average molecular weight is 326 g/mol. The summed E-state index contributed by atoms with van der Waals surface area (Å²) < 4.78 is 1.12. The number of carbonyl (C=O) groups is 1. The second-order valence-electron chi connectivity index (χ2n) is 5.44. The molecular weight excluding hydrogens is 308 g/mol. The standard InChI is InChI=1S/C17H18N4OS/c1-11-18-15-10-13(6-9-16(15)23-11)20-17(22)19-12-4-7-14(8-5-12)21(2)3/h4-10H,1-3H3,(H2,19,20,22). The van der Waals surface area contributed by atoms with Crippen LogP contribution in [0.4, 0.5) is 21.9 Å². The van der Waals surface area contributed by atoms with Crippen molar-refractivity contribution >= 4 is 44.6 Å². The Labute approximate surface area is 139 Å². The zero-order valence-corrected chi connectivity index (χ0v) is 14.1. The molecule has 0 saturated heterocycles. The molecule has 0 bridgehead atoms. The predicted octanol–water partition coefficient (Wildman–Crippen LogP) is 4.31. The second-order valence-corrected chi connectivity index (χ2v) is 6.67. The van der Waals surface area contributed by atoms with E-state index in [2.05, 4.69) is 15.6 Å². The van der Waals surface area contributed by atoms with Crippen molar-refractivity contribution in [1.82, 2.24) is 4.98 Å². The van der Waals surface area contributed by atoms with E-state index in [-0.39, 0.29) is 6.03 Å². The lowest BCUT2D eigenvalue weighted by atomic mass is 10.2. The number of fused-ring (bicyclic) bond motifs is 1. The van der Waals surface area contributed by atoms with Gasteiger partial charge in [-0.1, -0.05) is 0 Å². The van der Waals surface area contributed by atoms with Gasteiger partial charge in [0.1, 0.15) is 0 Å². The number of nitrogens with zero attached hydrogens (tertiary/aromatic N) is 2. The van der Waals surface area contributed by atoms with E-state index < -0.39 is 0 Å². The normalized spacial score (nSPS) is 10.6. The number of rotatable bonds is 3. The van der Waals surface area contributed by atoms with Crippen LogP contribution in [0.1, 0.15) is 5.01 Å². The minimum atomic E-state index is -0.270. The SMILES string of the molecule is Cc1nc2cc(NC(=O)Nc3ccc(N(C)C)cc3)ccc2s1. The number of nitrogens with one attached hydrogen (secondary N) is 2. The Balaban J connectivity index is 1.67. The smallest absolute Gasteiger partial charge is 0.323 e. The zero-order valence-electron chi connectivity index (χ0n) is 13.3. The van der Waals surface area contributed by atoms with Crippen LogP contribution in [0.3, 0.4) is 0 Å². The molecule has 2 N–H and O–H groups in total. The van der Waals surface area contributed by atoms with Crippen LogP contribution in [0.15, 0.2) is 42.5 Å². The van der Waals surface area contributed by atoms with Crippen LogP contribution in [0, 0.1) is 6.92 Å². The fraction of sp³-hybridized carbons (Fsp3) is 0.176. The van der Waals surface area contributed by atoms with Gasteiger partial charge >= 0.3 is 6.03 Å². The fourth-order valence-electron chi connectivity index (χ4n) is 2.26. The summed E-state index contributed by atoms with van der Waals surface area (Å²) in [7, 11) is 3.96. The number of anilines is 3. The first-order chi connectivity index (χ1) is 11.0. The molecule has 3 aromatic rings. The average Bonchev–Trinajstić information content (AvgIpc) is 2.87. The molecule has 0 unspecified atom stereocenters. The summed E-state index contributed by atoms with van der Waals surface area (Å²) in [5.74, 6) is 0. The van der Waals surface area contributed by atoms with E-state index in [9.17, 15) is 4.79 Å². The minimum absolute atomic E-state index is 0.270. The number of hydrogen-bond acceptors (Lipinski definition) is 4. The van der Waals surface area contributed by atoms with Crippen molar-refractivity contribution in [2.45, 2.75) is 6.92 Å². The van der Waals surface area contributed by atoms with Crippen molar-refractivity contribution in [3.05, 3.63) is 47.5 Å². The Morgan fingerprint density at radius 3 is 2.39 bits per heavy atom. The van der Waals surface area contributed by atoms with Gasteiger partial charge in [-0.2, -0.15) is 0 Å². The molecule has 2 amide bonds. The molecule has 3 rings (SSSR count). The third-order valence-electron chi connectivity index (χ3n) is 3.39. The van der Waals surface area contributed by atoms with Gasteiger partial charge in [-0.15, -0.1) is 11.3 Å². The van der Waals surface area contributed by atoms with Crippen molar-refractivity contribution in [2.75, 3.05) is 29.6 Å². The number of carbonyl (C=O) groups excluding carboxylic acids is 1. The highest BCUT2D eigenvalue weighted by Gasteiger charge is 2.06. The first kappa shape index (κ1) is 15.3. The molecule has 6 heteroatoms. The molecular formula is C17H18N4OS. The molecule has 0 aliphatic carbocycles. The van der Waals surface area contributed by atoms with Crippen molar-refractivity contribution < 1.29 is 4.79 Å². The molecule has 0 spiro atoms. The molecule has 0 fully saturated rings. The molecule has 0 aliphatic rings. The van der Waals surface area contributed by atoms with Crippen LogP contribution in [0.25, 0.3) is 10.2 Å². The number of hydrogen-bond donors (Lipinski definition) is 2. The monoisotopic (exact) mass is 326 g/mol. The first-order valence-electron chi connectivity index (χ1n) is 7.24. The Hall–Kier alpha value is -2.60. The van der Waals surface area contributed by atoms with Crippen molar-refractivity contribution in [3.63, 3.8) is 0 Å². The van der Waals surface area contributed by atoms with E-state index in [4.69, 9.17) is 0 Å². The van der Waals surface area contributed by atoms with Gasteiger partial charge < -0.3 is 15.5 Å². The predicted molar refractivity (Wildman–Crippen MR) is 97.8 cm³/mol. The Kier molecular flexibility index (Phi) is 4.16. The van der Waals surface area contributed by atoms with Gasteiger partial charge in [-0.05, 0) is 49.4 Å². The van der Waals surface area contributed by atoms with E-state index in [1.807, 2.05) is 68.4 Å². The second kappa shape index (κ2) is 6.26. The third-order valence-corrected chi connectivity index (χ3v) is 4.35. The summed E-state index contributed by atoms with van der Waals surface area (Å²) in [5.41, 5.74) is 3.46. The maximum absolute atomic E-state index is 12.1. The molecule has 1 heterocycles. The molecule has 23 heavy (non-hydrogen) atoms. The summed E-state index contributed by atoms with van der Waals surface area (Å²) in [6, 6.07) is 13.1. The molecule has 0 atom stereocenters. The summed E-state index contributed by atoms with van der Waals surface area (Å²) in [6.07, 6.45) is 0. The number of aryl methyl sites for hydroxylation is 1. The highest BCUT2D eigenvalue weighted by Crippen LogP contribution is 2.24. The lowest BCUT2D eigenvalue weighted by Gasteiger charge is -2.13. The Bertz CT molecular complexity index is 839. The molecule has 118 valence electrons. The molecule has 0 saturated carbocycles. The van der Waals surface area contributed by atoms with Gasteiger partial charge in [0.05, 0.1) is 15.2 Å². The van der Waals surface area contributed by atoms with Crippen LogP contribution in [0.2, 0.25) is 0 Å². The van der Waals surface area contributed by atoms with E-state index in [1.54, 1.807) is 11.3 Å². The summed E-state index contributed by atoms with van der Waals surface area (Å²) in [5, 5.41) is 6.67.